The number of hydrogen-bond acceptors (Lipinski definition) is 5. The molecule has 0 fully saturated rings. The summed E-state index contributed by atoms with van der Waals surface area (Å²) < 4.78 is 56.3. The van der Waals surface area contributed by atoms with Gasteiger partial charge in [-0.05, 0) is 31.2 Å². The van der Waals surface area contributed by atoms with Crippen LogP contribution in [0.25, 0.3) is 0 Å². The lowest BCUT2D eigenvalue weighted by Crippen LogP contribution is -2.31. The molecule has 9 heteroatoms. The van der Waals surface area contributed by atoms with Crippen molar-refractivity contribution in [2.45, 2.75) is 24.8 Å². The minimum atomic E-state index is -3.69. The van der Waals surface area contributed by atoms with E-state index in [1.54, 1.807) is 0 Å². The summed E-state index contributed by atoms with van der Waals surface area (Å²) >= 11 is 0. The van der Waals surface area contributed by atoms with Crippen LogP contribution < -0.4 is 5.32 Å². The van der Waals surface area contributed by atoms with Crippen LogP contribution >= 0.6 is 0 Å². The van der Waals surface area contributed by atoms with E-state index in [0.717, 1.165) is 18.2 Å². The molecule has 0 saturated carbocycles. The maximum absolute atomic E-state index is 13.6. The first-order valence-electron chi connectivity index (χ1n) is 7.95. The third kappa shape index (κ3) is 4.68. The van der Waals surface area contributed by atoms with Crippen LogP contribution in [0.4, 0.5) is 14.5 Å². The molecular formula is C18H17F2NO5S. The first-order valence-corrected chi connectivity index (χ1v) is 9.60. The van der Waals surface area contributed by atoms with Crippen molar-refractivity contribution in [2.75, 3.05) is 11.1 Å². The number of sulfone groups is 1. The number of hydrogen-bond donors (Lipinski definition) is 1. The fourth-order valence-electron chi connectivity index (χ4n) is 2.18. The predicted molar refractivity (Wildman–Crippen MR) is 94.0 cm³/mol. The molecule has 0 unspecified atom stereocenters. The van der Waals surface area contributed by atoms with Gasteiger partial charge in [-0.15, -0.1) is 0 Å². The molecular weight excluding hydrogens is 380 g/mol. The number of benzene rings is 2. The molecule has 27 heavy (non-hydrogen) atoms. The molecule has 0 saturated heterocycles. The van der Waals surface area contributed by atoms with E-state index in [1.807, 2.05) is 5.32 Å². The molecule has 2 rings (SSSR count). The molecule has 1 N–H and O–H groups in total. The van der Waals surface area contributed by atoms with Gasteiger partial charge in [-0.2, -0.15) is 0 Å². The quantitative estimate of drug-likeness (QED) is 0.757. The second-order valence-electron chi connectivity index (χ2n) is 5.53. The van der Waals surface area contributed by atoms with Gasteiger partial charge in [0.15, 0.2) is 15.9 Å². The molecule has 0 aromatic heterocycles. The third-order valence-corrected chi connectivity index (χ3v) is 5.47. The standard InChI is InChI=1S/C18H17F2NO5S/c1-3-27(24,25)15-10-5-4-7-12(15)18(23)26-11(2)17(22)21-16-13(19)8-6-9-14(16)20/h4-11H,3H2,1-2H3,(H,21,22)/t11-/m0/s1. The number of para-hydroxylation sites is 1. The molecule has 0 heterocycles. The van der Waals surface area contributed by atoms with Gasteiger partial charge in [0, 0.05) is 0 Å². The van der Waals surface area contributed by atoms with Gasteiger partial charge in [0.05, 0.1) is 16.2 Å². The normalized spacial score (nSPS) is 12.3. The van der Waals surface area contributed by atoms with Crippen molar-refractivity contribution in [3.63, 3.8) is 0 Å². The van der Waals surface area contributed by atoms with Crippen molar-refractivity contribution in [3.05, 3.63) is 59.7 Å². The summed E-state index contributed by atoms with van der Waals surface area (Å²) in [5.41, 5.74) is -0.893. The summed E-state index contributed by atoms with van der Waals surface area (Å²) in [6, 6.07) is 8.47. The molecule has 0 aliphatic heterocycles. The fraction of sp³-hybridized carbons (Fsp3) is 0.222. The van der Waals surface area contributed by atoms with E-state index >= 15 is 0 Å². The van der Waals surface area contributed by atoms with Crippen LogP contribution in [0.1, 0.15) is 24.2 Å². The Hall–Kier alpha value is -2.81. The van der Waals surface area contributed by atoms with Crippen molar-refractivity contribution in [2.24, 2.45) is 0 Å². The topological polar surface area (TPSA) is 89.5 Å². The van der Waals surface area contributed by atoms with E-state index in [0.29, 0.717) is 0 Å². The Bertz CT molecular complexity index is 955. The molecule has 0 aliphatic rings. The number of carbonyl (C=O) groups excluding carboxylic acids is 2. The van der Waals surface area contributed by atoms with Gasteiger partial charge in [-0.3, -0.25) is 4.79 Å². The highest BCUT2D eigenvalue weighted by Crippen LogP contribution is 2.20. The molecule has 0 bridgehead atoms. The second-order valence-corrected chi connectivity index (χ2v) is 7.78. The average Bonchev–Trinajstić information content (AvgIpc) is 2.64. The van der Waals surface area contributed by atoms with Gasteiger partial charge >= 0.3 is 5.97 Å². The highest BCUT2D eigenvalue weighted by atomic mass is 32.2. The van der Waals surface area contributed by atoms with Crippen molar-refractivity contribution < 1.29 is 31.5 Å². The van der Waals surface area contributed by atoms with E-state index < -0.39 is 45.1 Å². The number of nitrogens with one attached hydrogen (secondary N) is 1. The van der Waals surface area contributed by atoms with Gasteiger partial charge in [0.2, 0.25) is 0 Å². The summed E-state index contributed by atoms with van der Waals surface area (Å²) in [5, 5.41) is 2.01. The van der Waals surface area contributed by atoms with E-state index in [1.165, 1.54) is 38.1 Å². The lowest BCUT2D eigenvalue weighted by atomic mass is 10.2. The monoisotopic (exact) mass is 397 g/mol. The molecule has 0 radical (unpaired) electrons. The molecule has 0 spiro atoms. The molecule has 2 aromatic rings. The Morgan fingerprint density at radius 3 is 2.26 bits per heavy atom. The summed E-state index contributed by atoms with van der Waals surface area (Å²) in [6.45, 7) is 2.62. The van der Waals surface area contributed by atoms with Crippen molar-refractivity contribution in [1.82, 2.24) is 0 Å². The van der Waals surface area contributed by atoms with E-state index in [4.69, 9.17) is 4.74 Å². The summed E-state index contributed by atoms with van der Waals surface area (Å²) in [6.07, 6.45) is -1.42. The van der Waals surface area contributed by atoms with Crippen LogP contribution in [0.3, 0.4) is 0 Å². The van der Waals surface area contributed by atoms with E-state index in [-0.39, 0.29) is 16.2 Å². The maximum atomic E-state index is 13.6. The molecule has 2 aromatic carbocycles. The Morgan fingerprint density at radius 1 is 1.07 bits per heavy atom. The highest BCUT2D eigenvalue weighted by Gasteiger charge is 2.25. The first kappa shape index (κ1) is 20.5. The predicted octanol–water partition coefficient (Wildman–Crippen LogP) is 2.94. The Balaban J connectivity index is 2.18. The Kier molecular flexibility index (Phi) is 6.27. The van der Waals surface area contributed by atoms with Gasteiger partial charge in [-0.25, -0.2) is 22.0 Å². The average molecular weight is 397 g/mol. The number of ether oxygens (including phenoxy) is 1. The van der Waals surface area contributed by atoms with E-state index in [2.05, 4.69) is 0 Å². The number of esters is 1. The van der Waals surface area contributed by atoms with Crippen molar-refractivity contribution in [1.29, 1.82) is 0 Å². The largest absolute Gasteiger partial charge is 0.449 e. The summed E-state index contributed by atoms with van der Waals surface area (Å²) in [5.74, 6) is -4.20. The van der Waals surface area contributed by atoms with Gasteiger partial charge in [-0.1, -0.05) is 25.1 Å². The number of amides is 1. The molecule has 1 amide bonds. The number of rotatable bonds is 6. The second kappa shape index (κ2) is 8.26. The van der Waals surface area contributed by atoms with Crippen molar-refractivity contribution >= 4 is 27.4 Å². The Morgan fingerprint density at radius 2 is 1.67 bits per heavy atom. The minimum Gasteiger partial charge on any atom is -0.449 e. The van der Waals surface area contributed by atoms with E-state index in [9.17, 15) is 26.8 Å². The fourth-order valence-corrected chi connectivity index (χ4v) is 3.26. The Labute approximate surface area is 155 Å². The lowest BCUT2D eigenvalue weighted by molar-refractivity contribution is -0.123. The first-order chi connectivity index (χ1) is 12.7. The zero-order valence-corrected chi connectivity index (χ0v) is 15.3. The summed E-state index contributed by atoms with van der Waals surface area (Å²) in [4.78, 5) is 24.2. The van der Waals surface area contributed by atoms with Crippen LogP contribution in [0.15, 0.2) is 47.4 Å². The smallest absolute Gasteiger partial charge is 0.340 e. The molecule has 1 atom stereocenters. The van der Waals surface area contributed by atoms with Crippen LogP contribution in [0, 0.1) is 11.6 Å². The summed E-state index contributed by atoms with van der Waals surface area (Å²) in [7, 11) is -3.69. The SMILES string of the molecule is CCS(=O)(=O)c1ccccc1C(=O)O[C@@H](C)C(=O)Nc1c(F)cccc1F. The van der Waals surface area contributed by atoms with Crippen LogP contribution in [0.5, 0.6) is 0 Å². The molecule has 144 valence electrons. The number of halogens is 2. The maximum Gasteiger partial charge on any atom is 0.340 e. The van der Waals surface area contributed by atoms with Crippen LogP contribution in [0.2, 0.25) is 0 Å². The minimum absolute atomic E-state index is 0.217. The van der Waals surface area contributed by atoms with Gasteiger partial charge in [0.25, 0.3) is 5.91 Å². The molecule has 6 nitrogen and oxygen atoms in total. The van der Waals surface area contributed by atoms with Crippen LogP contribution in [-0.4, -0.2) is 32.2 Å². The van der Waals surface area contributed by atoms with Gasteiger partial charge in [0.1, 0.15) is 17.3 Å². The van der Waals surface area contributed by atoms with Gasteiger partial charge < -0.3 is 10.1 Å². The molecule has 0 aliphatic carbocycles. The highest BCUT2D eigenvalue weighted by molar-refractivity contribution is 7.91. The van der Waals surface area contributed by atoms with Crippen LogP contribution in [-0.2, 0) is 19.4 Å². The zero-order valence-electron chi connectivity index (χ0n) is 14.5. The lowest BCUT2D eigenvalue weighted by Gasteiger charge is -2.15. The number of anilines is 1. The number of carbonyl (C=O) groups is 2. The van der Waals surface area contributed by atoms with Crippen molar-refractivity contribution in [3.8, 4) is 0 Å². The third-order valence-electron chi connectivity index (χ3n) is 3.69. The zero-order chi connectivity index (χ0) is 20.2.